The molecule has 0 saturated carbocycles. The van der Waals surface area contributed by atoms with Crippen LogP contribution in [0.15, 0.2) is 59.4 Å². The predicted octanol–water partition coefficient (Wildman–Crippen LogP) is 2.84. The molecule has 0 radical (unpaired) electrons. The largest absolute Gasteiger partial charge is 0.497 e. The van der Waals surface area contributed by atoms with Crippen molar-refractivity contribution in [1.82, 2.24) is 24.7 Å². The minimum absolute atomic E-state index is 0.195. The Morgan fingerprint density at radius 3 is 2.61 bits per heavy atom. The highest BCUT2D eigenvalue weighted by Crippen LogP contribution is 2.22. The molecule has 2 heterocycles. The molecule has 0 aliphatic rings. The van der Waals surface area contributed by atoms with Crippen LogP contribution in [0.2, 0.25) is 5.02 Å². The number of benzene rings is 2. The Balaban J connectivity index is 1.56. The third kappa shape index (κ3) is 4.44. The molecule has 0 fully saturated rings. The van der Waals surface area contributed by atoms with Gasteiger partial charge in [0.1, 0.15) is 23.6 Å². The summed E-state index contributed by atoms with van der Waals surface area (Å²) in [5, 5.41) is 12.1. The highest BCUT2D eigenvalue weighted by Gasteiger charge is 2.15. The fourth-order valence-electron chi connectivity index (χ4n) is 3.22. The minimum atomic E-state index is -0.393. The number of carbonyl (C=O) groups is 1. The molecule has 1 amide bonds. The van der Waals surface area contributed by atoms with Crippen molar-refractivity contribution in [3.63, 3.8) is 0 Å². The lowest BCUT2D eigenvalue weighted by Gasteiger charge is -2.08. The van der Waals surface area contributed by atoms with Gasteiger partial charge in [-0.1, -0.05) is 23.7 Å². The molecule has 0 bridgehead atoms. The zero-order valence-corrected chi connectivity index (χ0v) is 17.8. The maximum absolute atomic E-state index is 12.9. The van der Waals surface area contributed by atoms with Crippen LogP contribution >= 0.6 is 11.6 Å². The van der Waals surface area contributed by atoms with Crippen LogP contribution in [0.3, 0.4) is 0 Å². The molecular weight excluding hydrogens is 418 g/mol. The molecule has 158 valence electrons. The van der Waals surface area contributed by atoms with Crippen LogP contribution in [0.4, 0.5) is 0 Å². The topological polar surface area (TPSA) is 90.5 Å². The number of hydrogen-bond donors (Lipinski definition) is 1. The summed E-state index contributed by atoms with van der Waals surface area (Å²) in [6, 6.07) is 16.3. The van der Waals surface area contributed by atoms with Crippen molar-refractivity contribution in [3.05, 3.63) is 81.4 Å². The lowest BCUT2D eigenvalue weighted by atomic mass is 10.1. The van der Waals surface area contributed by atoms with Gasteiger partial charge < -0.3 is 10.1 Å². The second-order valence-electron chi connectivity index (χ2n) is 6.97. The number of amides is 1. The van der Waals surface area contributed by atoms with E-state index in [9.17, 15) is 9.59 Å². The van der Waals surface area contributed by atoms with Crippen LogP contribution < -0.4 is 15.6 Å². The van der Waals surface area contributed by atoms with Crippen molar-refractivity contribution in [2.45, 2.75) is 20.0 Å². The standard InChI is InChI=1S/C22H20ClN5O3/c1-14-25-27(13-21(29)24-12-15-4-3-5-17(23)10-15)22(30)20-11-19(26-28(14)20)16-6-8-18(31-2)9-7-16/h3-11H,12-13H2,1-2H3,(H,24,29). The Kier molecular flexibility index (Phi) is 5.73. The molecule has 4 aromatic rings. The minimum Gasteiger partial charge on any atom is -0.497 e. The van der Waals surface area contributed by atoms with Crippen LogP contribution in [-0.4, -0.2) is 32.4 Å². The Morgan fingerprint density at radius 1 is 1.13 bits per heavy atom. The van der Waals surface area contributed by atoms with Crippen LogP contribution in [0.1, 0.15) is 11.4 Å². The Hall–Kier alpha value is -3.65. The van der Waals surface area contributed by atoms with Gasteiger partial charge in [-0.2, -0.15) is 10.2 Å². The first-order chi connectivity index (χ1) is 14.9. The molecule has 9 heteroatoms. The van der Waals surface area contributed by atoms with Crippen LogP contribution in [0.5, 0.6) is 5.75 Å². The van der Waals surface area contributed by atoms with Gasteiger partial charge in [0.15, 0.2) is 0 Å². The summed E-state index contributed by atoms with van der Waals surface area (Å²) in [6.45, 7) is 1.85. The normalized spacial score (nSPS) is 10.9. The molecule has 8 nitrogen and oxygen atoms in total. The van der Waals surface area contributed by atoms with E-state index in [1.54, 1.807) is 32.2 Å². The molecule has 0 aliphatic heterocycles. The van der Waals surface area contributed by atoms with Gasteiger partial charge in [0.25, 0.3) is 5.56 Å². The number of aryl methyl sites for hydroxylation is 1. The first-order valence-electron chi connectivity index (χ1n) is 9.57. The summed E-state index contributed by atoms with van der Waals surface area (Å²) in [5.74, 6) is 0.904. The summed E-state index contributed by atoms with van der Waals surface area (Å²) in [4.78, 5) is 25.3. The van der Waals surface area contributed by atoms with E-state index in [1.165, 1.54) is 4.52 Å². The molecule has 0 saturated heterocycles. The Labute approximate surface area is 183 Å². The smallest absolute Gasteiger partial charge is 0.293 e. The number of fused-ring (bicyclic) bond motifs is 1. The Morgan fingerprint density at radius 2 is 1.90 bits per heavy atom. The molecule has 0 unspecified atom stereocenters. The second kappa shape index (κ2) is 8.61. The monoisotopic (exact) mass is 437 g/mol. The summed E-state index contributed by atoms with van der Waals surface area (Å²) >= 11 is 5.96. The van der Waals surface area contributed by atoms with E-state index in [-0.39, 0.29) is 12.5 Å². The first-order valence-corrected chi connectivity index (χ1v) is 9.95. The van der Waals surface area contributed by atoms with E-state index in [0.29, 0.717) is 28.6 Å². The van der Waals surface area contributed by atoms with Crippen molar-refractivity contribution < 1.29 is 9.53 Å². The second-order valence-corrected chi connectivity index (χ2v) is 7.41. The fourth-order valence-corrected chi connectivity index (χ4v) is 3.44. The molecule has 31 heavy (non-hydrogen) atoms. The maximum atomic E-state index is 12.9. The van der Waals surface area contributed by atoms with Gasteiger partial charge in [-0.15, -0.1) is 0 Å². The summed E-state index contributed by atoms with van der Waals surface area (Å²) in [6.07, 6.45) is 0. The van der Waals surface area contributed by atoms with Crippen molar-refractivity contribution in [3.8, 4) is 17.0 Å². The van der Waals surface area contributed by atoms with E-state index in [1.807, 2.05) is 36.4 Å². The van der Waals surface area contributed by atoms with E-state index < -0.39 is 5.56 Å². The SMILES string of the molecule is COc1ccc(-c2cc3c(=O)n(CC(=O)NCc4cccc(Cl)c4)nc(C)n3n2)cc1. The average molecular weight is 438 g/mol. The molecular formula is C22H20ClN5O3. The molecule has 0 atom stereocenters. The zero-order chi connectivity index (χ0) is 22.0. The van der Waals surface area contributed by atoms with E-state index in [4.69, 9.17) is 16.3 Å². The van der Waals surface area contributed by atoms with Crippen molar-refractivity contribution in [1.29, 1.82) is 0 Å². The van der Waals surface area contributed by atoms with E-state index in [2.05, 4.69) is 15.5 Å². The van der Waals surface area contributed by atoms with Gasteiger partial charge in [0.05, 0.1) is 12.8 Å². The first kappa shape index (κ1) is 20.6. The summed E-state index contributed by atoms with van der Waals surface area (Å²) in [5.41, 5.74) is 2.30. The van der Waals surface area contributed by atoms with Crippen LogP contribution in [-0.2, 0) is 17.9 Å². The van der Waals surface area contributed by atoms with E-state index in [0.717, 1.165) is 21.6 Å². The number of methoxy groups -OCH3 is 1. The van der Waals surface area contributed by atoms with Crippen molar-refractivity contribution in [2.24, 2.45) is 0 Å². The number of ether oxygens (including phenoxy) is 1. The van der Waals surface area contributed by atoms with Crippen LogP contribution in [0.25, 0.3) is 16.8 Å². The molecule has 1 N–H and O–H groups in total. The number of nitrogens with one attached hydrogen (secondary N) is 1. The quantitative estimate of drug-likeness (QED) is 0.501. The number of hydrogen-bond acceptors (Lipinski definition) is 5. The van der Waals surface area contributed by atoms with Gasteiger partial charge in [0.2, 0.25) is 5.91 Å². The lowest BCUT2D eigenvalue weighted by molar-refractivity contribution is -0.122. The van der Waals surface area contributed by atoms with Gasteiger partial charge in [-0.05, 0) is 55.0 Å². The maximum Gasteiger partial charge on any atom is 0.293 e. The lowest BCUT2D eigenvalue weighted by Crippen LogP contribution is -2.34. The summed E-state index contributed by atoms with van der Waals surface area (Å²) in [7, 11) is 1.60. The van der Waals surface area contributed by atoms with Crippen molar-refractivity contribution >= 4 is 23.0 Å². The van der Waals surface area contributed by atoms with Crippen molar-refractivity contribution in [2.75, 3.05) is 7.11 Å². The third-order valence-electron chi connectivity index (χ3n) is 4.79. The molecule has 4 rings (SSSR count). The third-order valence-corrected chi connectivity index (χ3v) is 5.03. The number of rotatable bonds is 6. The highest BCUT2D eigenvalue weighted by molar-refractivity contribution is 6.30. The highest BCUT2D eigenvalue weighted by atomic mass is 35.5. The molecule has 0 spiro atoms. The molecule has 2 aromatic heterocycles. The number of aromatic nitrogens is 4. The average Bonchev–Trinajstić information content (AvgIpc) is 3.22. The van der Waals surface area contributed by atoms with E-state index >= 15 is 0 Å². The van der Waals surface area contributed by atoms with Gasteiger partial charge in [0, 0.05) is 17.1 Å². The molecule has 2 aromatic carbocycles. The van der Waals surface area contributed by atoms with Gasteiger partial charge in [-0.25, -0.2) is 9.20 Å². The zero-order valence-electron chi connectivity index (χ0n) is 17.0. The van der Waals surface area contributed by atoms with Gasteiger partial charge >= 0.3 is 0 Å². The number of halogens is 1. The fraction of sp³-hybridized carbons (Fsp3) is 0.182. The Bertz CT molecular complexity index is 1310. The molecule has 0 aliphatic carbocycles. The van der Waals surface area contributed by atoms with Gasteiger partial charge in [-0.3, -0.25) is 9.59 Å². The summed E-state index contributed by atoms with van der Waals surface area (Å²) < 4.78 is 7.81. The number of nitrogens with zero attached hydrogens (tertiary/aromatic N) is 4. The predicted molar refractivity (Wildman–Crippen MR) is 117 cm³/mol. The van der Waals surface area contributed by atoms with Crippen LogP contribution in [0, 0.1) is 6.92 Å². The number of carbonyl (C=O) groups excluding carboxylic acids is 1.